The van der Waals surface area contributed by atoms with Gasteiger partial charge in [-0.25, -0.2) is 13.6 Å². The number of carbonyl (C=O) groups is 1. The van der Waals surface area contributed by atoms with Crippen LogP contribution in [0.3, 0.4) is 0 Å². The summed E-state index contributed by atoms with van der Waals surface area (Å²) in [5.41, 5.74) is 0.964. The van der Waals surface area contributed by atoms with Gasteiger partial charge < -0.3 is 5.32 Å². The Morgan fingerprint density at radius 3 is 2.24 bits per heavy atom. The van der Waals surface area contributed by atoms with Gasteiger partial charge in [0.25, 0.3) is 0 Å². The Morgan fingerprint density at radius 1 is 1.12 bits per heavy atom. The van der Waals surface area contributed by atoms with E-state index in [1.807, 2.05) is 6.92 Å². The van der Waals surface area contributed by atoms with Crippen molar-refractivity contribution in [3.05, 3.63) is 29.8 Å². The zero-order valence-corrected chi connectivity index (χ0v) is 15.7. The van der Waals surface area contributed by atoms with E-state index in [4.69, 9.17) is 5.14 Å². The van der Waals surface area contributed by atoms with E-state index in [1.54, 1.807) is 12.1 Å². The molecule has 1 atom stereocenters. The predicted octanol–water partition coefficient (Wildman–Crippen LogP) is 1.65. The molecule has 1 saturated heterocycles. The number of nitrogens with zero attached hydrogens (tertiary/aromatic N) is 1. The van der Waals surface area contributed by atoms with E-state index in [1.165, 1.54) is 31.4 Å². The highest BCUT2D eigenvalue weighted by molar-refractivity contribution is 7.89. The van der Waals surface area contributed by atoms with Crippen LogP contribution in [-0.2, 0) is 21.2 Å². The van der Waals surface area contributed by atoms with Gasteiger partial charge >= 0.3 is 0 Å². The highest BCUT2D eigenvalue weighted by Gasteiger charge is 2.21. The van der Waals surface area contributed by atoms with E-state index >= 15 is 0 Å². The van der Waals surface area contributed by atoms with E-state index in [9.17, 15) is 13.2 Å². The Labute approximate surface area is 150 Å². The van der Waals surface area contributed by atoms with Crippen LogP contribution in [0.15, 0.2) is 29.2 Å². The average molecular weight is 368 g/mol. The van der Waals surface area contributed by atoms with Crippen molar-refractivity contribution in [2.45, 2.75) is 56.4 Å². The number of carbonyl (C=O) groups excluding carboxylic acids is 1. The maximum absolute atomic E-state index is 12.4. The van der Waals surface area contributed by atoms with Gasteiger partial charge in [-0.3, -0.25) is 9.69 Å². The highest BCUT2D eigenvalue weighted by Crippen LogP contribution is 2.13. The first-order valence-electron chi connectivity index (χ1n) is 9.01. The van der Waals surface area contributed by atoms with E-state index in [-0.39, 0.29) is 16.8 Å². The summed E-state index contributed by atoms with van der Waals surface area (Å²) in [7, 11) is -3.66. The number of likely N-dealkylation sites (tertiary alicyclic amines) is 1. The van der Waals surface area contributed by atoms with Crippen LogP contribution in [0, 0.1) is 0 Å². The smallest absolute Gasteiger partial charge is 0.238 e. The maximum Gasteiger partial charge on any atom is 0.238 e. The van der Waals surface area contributed by atoms with Crippen LogP contribution in [0.25, 0.3) is 0 Å². The summed E-state index contributed by atoms with van der Waals surface area (Å²) >= 11 is 0. The topological polar surface area (TPSA) is 92.5 Å². The number of benzene rings is 1. The molecule has 2 rings (SSSR count). The minimum absolute atomic E-state index is 0.0572. The largest absolute Gasteiger partial charge is 0.354 e. The summed E-state index contributed by atoms with van der Waals surface area (Å²) in [6.45, 7) is 4.48. The monoisotopic (exact) mass is 367 g/mol. The van der Waals surface area contributed by atoms with E-state index in [0.717, 1.165) is 31.5 Å². The lowest BCUT2D eigenvalue weighted by atomic mass is 10.1. The first-order chi connectivity index (χ1) is 11.9. The molecule has 0 radical (unpaired) electrons. The van der Waals surface area contributed by atoms with Gasteiger partial charge in [0.05, 0.1) is 10.9 Å². The Hall–Kier alpha value is -1.44. The van der Waals surface area contributed by atoms with Crippen molar-refractivity contribution in [1.82, 2.24) is 10.2 Å². The molecule has 25 heavy (non-hydrogen) atoms. The Kier molecular flexibility index (Phi) is 7.40. The predicted molar refractivity (Wildman–Crippen MR) is 98.6 cm³/mol. The van der Waals surface area contributed by atoms with E-state index < -0.39 is 10.0 Å². The molecule has 0 aromatic heterocycles. The summed E-state index contributed by atoms with van der Waals surface area (Å²) in [6.07, 6.45) is 6.78. The summed E-state index contributed by atoms with van der Waals surface area (Å²) in [4.78, 5) is 14.7. The van der Waals surface area contributed by atoms with Gasteiger partial charge in [-0.15, -0.1) is 0 Å². The lowest BCUT2D eigenvalue weighted by molar-refractivity contribution is -0.126. The molecule has 0 bridgehead atoms. The van der Waals surface area contributed by atoms with Crippen LogP contribution in [0.1, 0.15) is 44.6 Å². The first-order valence-corrected chi connectivity index (χ1v) is 10.6. The molecule has 6 nitrogen and oxygen atoms in total. The maximum atomic E-state index is 12.4. The zero-order valence-electron chi connectivity index (χ0n) is 14.9. The van der Waals surface area contributed by atoms with Gasteiger partial charge in [0.1, 0.15) is 0 Å². The second-order valence-electron chi connectivity index (χ2n) is 6.71. The number of primary sulfonamides is 1. The number of hydrogen-bond acceptors (Lipinski definition) is 4. The van der Waals surface area contributed by atoms with E-state index in [2.05, 4.69) is 10.2 Å². The van der Waals surface area contributed by atoms with E-state index in [0.29, 0.717) is 13.0 Å². The number of nitrogens with one attached hydrogen (secondary N) is 1. The molecule has 7 heteroatoms. The van der Waals surface area contributed by atoms with Gasteiger partial charge in [0, 0.05) is 6.54 Å². The van der Waals surface area contributed by atoms with Crippen molar-refractivity contribution in [3.63, 3.8) is 0 Å². The second-order valence-corrected chi connectivity index (χ2v) is 8.27. The fraction of sp³-hybridized carbons (Fsp3) is 0.611. The summed E-state index contributed by atoms with van der Waals surface area (Å²) in [5, 5.41) is 8.07. The third-order valence-electron chi connectivity index (χ3n) is 4.78. The van der Waals surface area contributed by atoms with Crippen LogP contribution in [0.2, 0.25) is 0 Å². The summed E-state index contributed by atoms with van der Waals surface area (Å²) in [5.74, 6) is 0.0572. The number of amides is 1. The molecule has 1 fully saturated rings. The Morgan fingerprint density at radius 2 is 1.68 bits per heavy atom. The van der Waals surface area contributed by atoms with Crippen LogP contribution >= 0.6 is 0 Å². The van der Waals surface area contributed by atoms with Gasteiger partial charge in [-0.2, -0.15) is 0 Å². The lowest BCUT2D eigenvalue weighted by Crippen LogP contribution is -2.46. The average Bonchev–Trinajstić information content (AvgIpc) is 2.53. The van der Waals surface area contributed by atoms with Gasteiger partial charge in [0.15, 0.2) is 0 Å². The fourth-order valence-corrected chi connectivity index (χ4v) is 3.66. The highest BCUT2D eigenvalue weighted by atomic mass is 32.2. The molecule has 1 heterocycles. The minimum atomic E-state index is -3.66. The van der Waals surface area contributed by atoms with Gasteiger partial charge in [-0.05, 0) is 57.0 Å². The molecule has 0 aliphatic carbocycles. The Bertz CT molecular complexity index is 651. The molecule has 1 aromatic rings. The van der Waals surface area contributed by atoms with Gasteiger partial charge in [-0.1, -0.05) is 31.4 Å². The molecule has 0 unspecified atom stereocenters. The molecule has 1 aromatic carbocycles. The summed E-state index contributed by atoms with van der Waals surface area (Å²) in [6, 6.07) is 6.34. The van der Waals surface area contributed by atoms with Crippen molar-refractivity contribution >= 4 is 15.9 Å². The third-order valence-corrected chi connectivity index (χ3v) is 5.71. The van der Waals surface area contributed by atoms with Crippen LogP contribution < -0.4 is 10.5 Å². The fourth-order valence-electron chi connectivity index (χ4n) is 3.15. The normalized spacial score (nSPS) is 18.2. The molecule has 1 aliphatic heterocycles. The van der Waals surface area contributed by atoms with Crippen molar-refractivity contribution in [3.8, 4) is 0 Å². The third kappa shape index (κ3) is 6.41. The SMILES string of the molecule is C[C@@H](C(=O)NCCc1ccc(S(N)(=O)=O)cc1)N1CCCCCCC1. The van der Waals surface area contributed by atoms with Crippen molar-refractivity contribution < 1.29 is 13.2 Å². The van der Waals surface area contributed by atoms with Crippen LogP contribution in [-0.4, -0.2) is 44.9 Å². The quantitative estimate of drug-likeness (QED) is 0.799. The van der Waals surface area contributed by atoms with Crippen molar-refractivity contribution in [2.75, 3.05) is 19.6 Å². The number of hydrogen-bond donors (Lipinski definition) is 2. The second kappa shape index (κ2) is 9.31. The molecule has 3 N–H and O–H groups in total. The van der Waals surface area contributed by atoms with Crippen molar-refractivity contribution in [1.29, 1.82) is 0 Å². The molecule has 140 valence electrons. The number of sulfonamides is 1. The number of nitrogens with two attached hydrogens (primary N) is 1. The number of rotatable bonds is 6. The molecular weight excluding hydrogens is 338 g/mol. The van der Waals surface area contributed by atoms with Gasteiger partial charge in [0.2, 0.25) is 15.9 Å². The minimum Gasteiger partial charge on any atom is -0.354 e. The first kappa shape index (κ1) is 19.9. The zero-order chi connectivity index (χ0) is 18.3. The molecular formula is C18H29N3O3S. The summed E-state index contributed by atoms with van der Waals surface area (Å²) < 4.78 is 22.5. The van der Waals surface area contributed by atoms with Crippen LogP contribution in [0.5, 0.6) is 0 Å². The molecule has 1 amide bonds. The lowest BCUT2D eigenvalue weighted by Gasteiger charge is -2.29. The van der Waals surface area contributed by atoms with Crippen molar-refractivity contribution in [2.24, 2.45) is 5.14 Å². The molecule has 1 aliphatic rings. The molecule has 0 saturated carbocycles. The molecule has 0 spiro atoms. The Balaban J connectivity index is 1.79. The standard InChI is InChI=1S/C18H29N3O3S/c1-15(21-13-5-3-2-4-6-14-21)18(22)20-12-11-16-7-9-17(10-8-16)25(19,23)24/h7-10,15H,2-6,11-14H2,1H3,(H,20,22)(H2,19,23,24)/t15-/m0/s1. The van der Waals surface area contributed by atoms with Crippen LogP contribution in [0.4, 0.5) is 0 Å².